The molecule has 0 spiro atoms. The van der Waals surface area contributed by atoms with Crippen molar-refractivity contribution in [1.29, 1.82) is 0 Å². The van der Waals surface area contributed by atoms with Gasteiger partial charge in [-0.3, -0.25) is 9.69 Å². The average molecular weight is 298 g/mol. The van der Waals surface area contributed by atoms with E-state index in [9.17, 15) is 4.79 Å². The van der Waals surface area contributed by atoms with Gasteiger partial charge in [-0.15, -0.1) is 0 Å². The summed E-state index contributed by atoms with van der Waals surface area (Å²) in [5.74, 6) is -0.255. The Bertz CT molecular complexity index is 393. The summed E-state index contributed by atoms with van der Waals surface area (Å²) in [7, 11) is 0. The Morgan fingerprint density at radius 1 is 1.47 bits per heavy atom. The second-order valence-electron chi connectivity index (χ2n) is 4.22. The molecule has 1 atom stereocenters. The number of rotatable bonds is 3. The van der Waals surface area contributed by atoms with Crippen LogP contribution in [0.2, 0.25) is 0 Å². The molecule has 1 fully saturated rings. The standard InChI is InChI=1S/C12H16BrN3O/c13-10-3-1-9(2-4-10)8-16-6-5-15-7-11(16)12(14)17/h1-4,11,15H,5-8H2,(H2,14,17). The summed E-state index contributed by atoms with van der Waals surface area (Å²) in [6.07, 6.45) is 0. The number of hydrogen-bond donors (Lipinski definition) is 2. The van der Waals surface area contributed by atoms with Crippen molar-refractivity contribution in [3.05, 3.63) is 34.3 Å². The monoisotopic (exact) mass is 297 g/mol. The fourth-order valence-electron chi connectivity index (χ4n) is 2.04. The lowest BCUT2D eigenvalue weighted by Gasteiger charge is -2.34. The topological polar surface area (TPSA) is 58.4 Å². The van der Waals surface area contributed by atoms with Crippen LogP contribution in [0, 0.1) is 0 Å². The molecule has 1 aliphatic heterocycles. The Morgan fingerprint density at radius 2 is 2.18 bits per heavy atom. The SMILES string of the molecule is NC(=O)C1CNCCN1Cc1ccc(Br)cc1. The number of carbonyl (C=O) groups is 1. The van der Waals surface area contributed by atoms with E-state index in [2.05, 4.69) is 38.3 Å². The average Bonchev–Trinajstić information content (AvgIpc) is 2.32. The second-order valence-corrected chi connectivity index (χ2v) is 5.13. The lowest BCUT2D eigenvalue weighted by Crippen LogP contribution is -2.56. The first-order chi connectivity index (χ1) is 8.16. The predicted octanol–water partition coefficient (Wildman–Crippen LogP) is 0.708. The Morgan fingerprint density at radius 3 is 2.82 bits per heavy atom. The molecule has 1 heterocycles. The molecule has 3 N–H and O–H groups in total. The molecule has 1 aromatic rings. The van der Waals surface area contributed by atoms with Gasteiger partial charge in [0.1, 0.15) is 6.04 Å². The minimum atomic E-state index is -0.255. The molecule has 1 amide bonds. The zero-order valence-electron chi connectivity index (χ0n) is 9.53. The molecule has 1 aliphatic rings. The number of hydrogen-bond acceptors (Lipinski definition) is 3. The van der Waals surface area contributed by atoms with Crippen molar-refractivity contribution >= 4 is 21.8 Å². The Labute approximate surface area is 109 Å². The summed E-state index contributed by atoms with van der Waals surface area (Å²) in [6, 6.07) is 7.94. The van der Waals surface area contributed by atoms with E-state index in [0.29, 0.717) is 6.54 Å². The minimum absolute atomic E-state index is 0.201. The van der Waals surface area contributed by atoms with Crippen LogP contribution in [0.4, 0.5) is 0 Å². The van der Waals surface area contributed by atoms with E-state index in [-0.39, 0.29) is 11.9 Å². The highest BCUT2D eigenvalue weighted by atomic mass is 79.9. The molecule has 17 heavy (non-hydrogen) atoms. The van der Waals surface area contributed by atoms with Crippen LogP contribution in [-0.4, -0.2) is 36.5 Å². The Balaban J connectivity index is 2.05. The van der Waals surface area contributed by atoms with Crippen LogP contribution in [-0.2, 0) is 11.3 Å². The van der Waals surface area contributed by atoms with Gasteiger partial charge in [-0.1, -0.05) is 28.1 Å². The molecule has 2 rings (SSSR count). The molecule has 0 aromatic heterocycles. The van der Waals surface area contributed by atoms with E-state index in [4.69, 9.17) is 5.73 Å². The number of nitrogens with two attached hydrogens (primary N) is 1. The summed E-state index contributed by atoms with van der Waals surface area (Å²) in [5.41, 5.74) is 6.60. The molecule has 1 saturated heterocycles. The first-order valence-corrected chi connectivity index (χ1v) is 6.44. The largest absolute Gasteiger partial charge is 0.368 e. The van der Waals surface area contributed by atoms with Crippen LogP contribution < -0.4 is 11.1 Å². The fraction of sp³-hybridized carbons (Fsp3) is 0.417. The van der Waals surface area contributed by atoms with Gasteiger partial charge >= 0.3 is 0 Å². The van der Waals surface area contributed by atoms with Crippen LogP contribution in [0.15, 0.2) is 28.7 Å². The summed E-state index contributed by atoms with van der Waals surface area (Å²) >= 11 is 3.41. The quantitative estimate of drug-likeness (QED) is 0.864. The van der Waals surface area contributed by atoms with E-state index in [1.165, 1.54) is 5.56 Å². The van der Waals surface area contributed by atoms with Gasteiger partial charge in [0.05, 0.1) is 0 Å². The molecule has 1 aromatic carbocycles. The maximum Gasteiger partial charge on any atom is 0.236 e. The first-order valence-electron chi connectivity index (χ1n) is 5.65. The molecule has 92 valence electrons. The zero-order valence-corrected chi connectivity index (χ0v) is 11.1. The maximum absolute atomic E-state index is 11.3. The van der Waals surface area contributed by atoms with Crippen LogP contribution in [0.5, 0.6) is 0 Å². The Hall–Kier alpha value is -0.910. The zero-order chi connectivity index (χ0) is 12.3. The smallest absolute Gasteiger partial charge is 0.236 e. The minimum Gasteiger partial charge on any atom is -0.368 e. The van der Waals surface area contributed by atoms with Crippen LogP contribution in [0.1, 0.15) is 5.56 Å². The molecule has 0 aliphatic carbocycles. The normalized spacial score (nSPS) is 21.4. The molecule has 0 radical (unpaired) electrons. The van der Waals surface area contributed by atoms with Gasteiger partial charge in [-0.2, -0.15) is 0 Å². The summed E-state index contributed by atoms with van der Waals surface area (Å²) in [4.78, 5) is 13.5. The maximum atomic E-state index is 11.3. The molecule has 5 heteroatoms. The third-order valence-electron chi connectivity index (χ3n) is 2.98. The number of piperazine rings is 1. The highest BCUT2D eigenvalue weighted by Crippen LogP contribution is 2.14. The fourth-order valence-corrected chi connectivity index (χ4v) is 2.30. The molecule has 1 unspecified atom stereocenters. The number of benzene rings is 1. The van der Waals surface area contributed by atoms with Crippen LogP contribution in [0.3, 0.4) is 0 Å². The van der Waals surface area contributed by atoms with Crippen molar-refractivity contribution in [1.82, 2.24) is 10.2 Å². The van der Waals surface area contributed by atoms with E-state index >= 15 is 0 Å². The molecule has 0 bridgehead atoms. The van der Waals surface area contributed by atoms with E-state index < -0.39 is 0 Å². The Kier molecular flexibility index (Phi) is 4.15. The summed E-state index contributed by atoms with van der Waals surface area (Å²) in [5, 5.41) is 3.19. The molecule has 4 nitrogen and oxygen atoms in total. The van der Waals surface area contributed by atoms with E-state index in [0.717, 1.165) is 24.1 Å². The highest BCUT2D eigenvalue weighted by molar-refractivity contribution is 9.10. The number of nitrogens with zero attached hydrogens (tertiary/aromatic N) is 1. The number of primary amides is 1. The van der Waals surface area contributed by atoms with Gasteiger partial charge in [0, 0.05) is 30.7 Å². The van der Waals surface area contributed by atoms with Crippen LogP contribution >= 0.6 is 15.9 Å². The van der Waals surface area contributed by atoms with Gasteiger partial charge in [-0.05, 0) is 17.7 Å². The third kappa shape index (κ3) is 3.28. The second kappa shape index (κ2) is 5.62. The lowest BCUT2D eigenvalue weighted by atomic mass is 10.1. The summed E-state index contributed by atoms with van der Waals surface area (Å²) in [6.45, 7) is 3.17. The van der Waals surface area contributed by atoms with Crippen molar-refractivity contribution in [2.75, 3.05) is 19.6 Å². The van der Waals surface area contributed by atoms with Gasteiger partial charge in [-0.25, -0.2) is 0 Å². The number of carbonyl (C=O) groups excluding carboxylic acids is 1. The lowest BCUT2D eigenvalue weighted by molar-refractivity contribution is -0.124. The molecular formula is C12H16BrN3O. The van der Waals surface area contributed by atoms with Gasteiger partial charge < -0.3 is 11.1 Å². The van der Waals surface area contributed by atoms with E-state index in [1.54, 1.807) is 0 Å². The number of amides is 1. The van der Waals surface area contributed by atoms with Crippen molar-refractivity contribution in [2.45, 2.75) is 12.6 Å². The number of halogens is 1. The summed E-state index contributed by atoms with van der Waals surface area (Å²) < 4.78 is 1.06. The van der Waals surface area contributed by atoms with Gasteiger partial charge in [0.25, 0.3) is 0 Å². The molecule has 0 saturated carbocycles. The number of nitrogens with one attached hydrogen (secondary N) is 1. The van der Waals surface area contributed by atoms with Crippen molar-refractivity contribution in [3.63, 3.8) is 0 Å². The van der Waals surface area contributed by atoms with Crippen molar-refractivity contribution < 1.29 is 4.79 Å². The first kappa shape index (κ1) is 12.5. The van der Waals surface area contributed by atoms with Crippen molar-refractivity contribution in [3.8, 4) is 0 Å². The van der Waals surface area contributed by atoms with Crippen LogP contribution in [0.25, 0.3) is 0 Å². The van der Waals surface area contributed by atoms with Gasteiger partial charge in [0.15, 0.2) is 0 Å². The molecular weight excluding hydrogens is 282 g/mol. The van der Waals surface area contributed by atoms with Gasteiger partial charge in [0.2, 0.25) is 5.91 Å². The highest BCUT2D eigenvalue weighted by Gasteiger charge is 2.26. The predicted molar refractivity (Wildman–Crippen MR) is 70.4 cm³/mol. The van der Waals surface area contributed by atoms with Crippen molar-refractivity contribution in [2.24, 2.45) is 5.73 Å². The van der Waals surface area contributed by atoms with E-state index in [1.807, 2.05) is 12.1 Å². The third-order valence-corrected chi connectivity index (χ3v) is 3.51.